The fourth-order valence-corrected chi connectivity index (χ4v) is 5.24. The maximum Gasteiger partial charge on any atom is 0.233 e. The summed E-state index contributed by atoms with van der Waals surface area (Å²) < 4.78 is 27.4. The summed E-state index contributed by atoms with van der Waals surface area (Å²) in [6, 6.07) is 14.8. The number of pyridine rings is 1. The maximum atomic E-state index is 12.1. The first-order chi connectivity index (χ1) is 17.7. The molecule has 4 heterocycles. The molecule has 37 heavy (non-hydrogen) atoms. The fraction of sp³-hybridized carbons (Fsp3) is 0.346. The van der Waals surface area contributed by atoms with Gasteiger partial charge in [-0.05, 0) is 50.2 Å². The minimum Gasteiger partial charge on any atom is -0.368 e. The number of rotatable bonds is 7. The first-order valence-electron chi connectivity index (χ1n) is 12.2. The summed E-state index contributed by atoms with van der Waals surface area (Å²) in [5.41, 5.74) is 3.62. The second kappa shape index (κ2) is 9.98. The van der Waals surface area contributed by atoms with Gasteiger partial charge in [0.05, 0.1) is 12.8 Å². The summed E-state index contributed by atoms with van der Waals surface area (Å²) in [5, 5.41) is 7.77. The van der Waals surface area contributed by atoms with Crippen LogP contribution < -0.4 is 19.8 Å². The van der Waals surface area contributed by atoms with E-state index in [1.165, 1.54) is 23.3 Å². The highest BCUT2D eigenvalue weighted by molar-refractivity contribution is 7.92. The molecule has 0 aliphatic carbocycles. The molecule has 1 saturated heterocycles. The Kier molecular flexibility index (Phi) is 6.74. The molecule has 11 heteroatoms. The number of hydrogen-bond acceptors (Lipinski definition) is 8. The zero-order valence-electron chi connectivity index (χ0n) is 21.5. The Morgan fingerprint density at radius 3 is 2.51 bits per heavy atom. The molecule has 0 radical (unpaired) electrons. The first kappa shape index (κ1) is 25.0. The highest BCUT2D eigenvalue weighted by Gasteiger charge is 2.21. The Hall–Kier alpha value is -3.70. The Bertz CT molecular complexity index is 1490. The van der Waals surface area contributed by atoms with E-state index in [9.17, 15) is 8.42 Å². The van der Waals surface area contributed by atoms with Crippen molar-refractivity contribution in [2.24, 2.45) is 0 Å². The summed E-state index contributed by atoms with van der Waals surface area (Å²) in [7, 11) is -1.93. The van der Waals surface area contributed by atoms with Crippen LogP contribution in [0.2, 0.25) is 0 Å². The third-order valence-corrected chi connectivity index (χ3v) is 7.72. The first-order valence-corrected chi connectivity index (χ1v) is 14.1. The SMILES string of the molecule is CC1CN(c2ccc(Nc3ncc4ccn(Cc5cccnc5N(C)S(C)(=O)=O)c4n3)cc2)CC(C)N1. The van der Waals surface area contributed by atoms with E-state index in [4.69, 9.17) is 4.98 Å². The van der Waals surface area contributed by atoms with Gasteiger partial charge in [0, 0.05) is 73.1 Å². The van der Waals surface area contributed by atoms with E-state index >= 15 is 0 Å². The summed E-state index contributed by atoms with van der Waals surface area (Å²) in [5.74, 6) is 0.886. The Morgan fingerprint density at radius 2 is 1.81 bits per heavy atom. The molecule has 2 N–H and O–H groups in total. The van der Waals surface area contributed by atoms with E-state index in [0.29, 0.717) is 30.4 Å². The third kappa shape index (κ3) is 5.52. The van der Waals surface area contributed by atoms with Gasteiger partial charge in [0.1, 0.15) is 11.5 Å². The highest BCUT2D eigenvalue weighted by atomic mass is 32.2. The molecule has 1 aliphatic heterocycles. The Labute approximate surface area is 217 Å². The molecule has 0 bridgehead atoms. The van der Waals surface area contributed by atoms with E-state index in [2.05, 4.69) is 51.5 Å². The van der Waals surface area contributed by atoms with Crippen molar-refractivity contribution in [1.82, 2.24) is 24.8 Å². The molecule has 5 rings (SSSR count). The van der Waals surface area contributed by atoms with Crippen LogP contribution in [0.4, 0.5) is 23.1 Å². The van der Waals surface area contributed by atoms with Crippen molar-refractivity contribution in [2.45, 2.75) is 32.5 Å². The van der Waals surface area contributed by atoms with Gasteiger partial charge >= 0.3 is 0 Å². The number of benzene rings is 1. The van der Waals surface area contributed by atoms with Crippen LogP contribution >= 0.6 is 0 Å². The van der Waals surface area contributed by atoms with Crippen molar-refractivity contribution in [3.05, 3.63) is 66.6 Å². The van der Waals surface area contributed by atoms with Crippen molar-refractivity contribution >= 4 is 44.2 Å². The van der Waals surface area contributed by atoms with Crippen molar-refractivity contribution in [1.29, 1.82) is 0 Å². The lowest BCUT2D eigenvalue weighted by molar-refractivity contribution is 0.407. The van der Waals surface area contributed by atoms with E-state index in [1.807, 2.05) is 35.0 Å². The second-order valence-corrected chi connectivity index (χ2v) is 11.7. The molecule has 1 fully saturated rings. The van der Waals surface area contributed by atoms with Gasteiger partial charge < -0.3 is 20.1 Å². The summed E-state index contributed by atoms with van der Waals surface area (Å²) in [6.07, 6.45) is 6.46. The van der Waals surface area contributed by atoms with Gasteiger partial charge in [-0.25, -0.2) is 18.4 Å². The smallest absolute Gasteiger partial charge is 0.233 e. The number of anilines is 4. The molecule has 4 aromatic rings. The average Bonchev–Trinajstić information content (AvgIpc) is 3.25. The maximum absolute atomic E-state index is 12.1. The van der Waals surface area contributed by atoms with E-state index in [1.54, 1.807) is 18.5 Å². The average molecular weight is 521 g/mol. The minimum absolute atomic E-state index is 0.396. The van der Waals surface area contributed by atoms with E-state index in [-0.39, 0.29) is 0 Å². The fourth-order valence-electron chi connectivity index (χ4n) is 4.76. The van der Waals surface area contributed by atoms with Gasteiger partial charge in [0.15, 0.2) is 0 Å². The Morgan fingerprint density at radius 1 is 1.08 bits per heavy atom. The predicted octanol–water partition coefficient (Wildman–Crippen LogP) is 3.20. The van der Waals surface area contributed by atoms with Gasteiger partial charge in [-0.1, -0.05) is 6.07 Å². The van der Waals surface area contributed by atoms with Gasteiger partial charge in [-0.3, -0.25) is 4.31 Å². The van der Waals surface area contributed by atoms with Crippen LogP contribution in [0.5, 0.6) is 0 Å². The molecule has 0 amide bonds. The summed E-state index contributed by atoms with van der Waals surface area (Å²) >= 11 is 0. The monoisotopic (exact) mass is 520 g/mol. The van der Waals surface area contributed by atoms with Crippen LogP contribution in [-0.2, 0) is 16.6 Å². The number of aromatic nitrogens is 4. The molecule has 1 aromatic carbocycles. The van der Waals surface area contributed by atoms with Crippen LogP contribution in [0.1, 0.15) is 19.4 Å². The third-order valence-electron chi connectivity index (χ3n) is 6.55. The largest absolute Gasteiger partial charge is 0.368 e. The highest BCUT2D eigenvalue weighted by Crippen LogP contribution is 2.25. The number of hydrogen-bond donors (Lipinski definition) is 2. The van der Waals surface area contributed by atoms with Crippen LogP contribution in [0, 0.1) is 0 Å². The van der Waals surface area contributed by atoms with Crippen LogP contribution in [0.15, 0.2) is 61.1 Å². The molecule has 0 spiro atoms. The number of nitrogens with one attached hydrogen (secondary N) is 2. The standard InChI is InChI=1S/C26H32N8O2S/c1-18-15-34(16-19(2)29-18)23-9-7-22(8-10-23)30-26-28-14-20-11-13-33(25(20)31-26)17-21-6-5-12-27-24(21)32(3)37(4,35)36/h5-14,18-19,29H,15-17H2,1-4H3,(H,28,30,31). The quantitative estimate of drug-likeness (QED) is 0.383. The topological polar surface area (TPSA) is 108 Å². The molecular formula is C26H32N8O2S. The van der Waals surface area contributed by atoms with Crippen molar-refractivity contribution in [3.63, 3.8) is 0 Å². The number of nitrogens with zero attached hydrogens (tertiary/aromatic N) is 6. The molecule has 194 valence electrons. The molecule has 2 atom stereocenters. The van der Waals surface area contributed by atoms with Gasteiger partial charge in [-0.15, -0.1) is 0 Å². The minimum atomic E-state index is -3.44. The number of piperazine rings is 1. The Balaban J connectivity index is 1.36. The van der Waals surface area contributed by atoms with Crippen molar-refractivity contribution in [2.75, 3.05) is 40.9 Å². The van der Waals surface area contributed by atoms with Crippen LogP contribution in [0.25, 0.3) is 11.0 Å². The molecule has 0 saturated carbocycles. The second-order valence-electron chi connectivity index (χ2n) is 9.68. The van der Waals surface area contributed by atoms with E-state index in [0.717, 1.165) is 35.4 Å². The van der Waals surface area contributed by atoms with Gasteiger partial charge in [-0.2, -0.15) is 4.98 Å². The summed E-state index contributed by atoms with van der Waals surface area (Å²) in [6.45, 7) is 6.79. The van der Waals surface area contributed by atoms with Gasteiger partial charge in [0.2, 0.25) is 16.0 Å². The summed E-state index contributed by atoms with van der Waals surface area (Å²) in [4.78, 5) is 15.9. The van der Waals surface area contributed by atoms with Crippen molar-refractivity contribution < 1.29 is 8.42 Å². The lowest BCUT2D eigenvalue weighted by Gasteiger charge is -2.37. The molecule has 1 aliphatic rings. The molecule has 2 unspecified atom stereocenters. The zero-order valence-corrected chi connectivity index (χ0v) is 22.3. The van der Waals surface area contributed by atoms with Crippen molar-refractivity contribution in [3.8, 4) is 0 Å². The zero-order chi connectivity index (χ0) is 26.2. The lowest BCUT2D eigenvalue weighted by atomic mass is 10.1. The predicted molar refractivity (Wildman–Crippen MR) is 148 cm³/mol. The molecule has 10 nitrogen and oxygen atoms in total. The van der Waals surface area contributed by atoms with Gasteiger partial charge in [0.25, 0.3) is 0 Å². The van der Waals surface area contributed by atoms with Crippen LogP contribution in [0.3, 0.4) is 0 Å². The molecule has 3 aromatic heterocycles. The lowest BCUT2D eigenvalue weighted by Crippen LogP contribution is -2.54. The molecular weight excluding hydrogens is 488 g/mol. The number of fused-ring (bicyclic) bond motifs is 1. The number of sulfonamides is 1. The normalized spacial score (nSPS) is 18.2. The van der Waals surface area contributed by atoms with Crippen LogP contribution in [-0.4, -0.2) is 66.4 Å². The van der Waals surface area contributed by atoms with E-state index < -0.39 is 10.0 Å².